The maximum Gasteiger partial charge on any atom is 0.240 e. The van der Waals surface area contributed by atoms with Gasteiger partial charge in [-0.1, -0.05) is 24.9 Å². The number of rotatable bonds is 9. The molecular weight excluding hydrogens is 346 g/mol. The molecule has 0 atom stereocenters. The van der Waals surface area contributed by atoms with Gasteiger partial charge in [0.2, 0.25) is 11.8 Å². The lowest BCUT2D eigenvalue weighted by molar-refractivity contribution is -0.121. The fourth-order valence-electron chi connectivity index (χ4n) is 1.98. The van der Waals surface area contributed by atoms with Gasteiger partial charge in [-0.15, -0.1) is 0 Å². The average Bonchev–Trinajstić information content (AvgIpc) is 2.59. The van der Waals surface area contributed by atoms with Crippen LogP contribution in [0, 0.1) is 0 Å². The van der Waals surface area contributed by atoms with Crippen LogP contribution in [0.4, 0.5) is 5.69 Å². The van der Waals surface area contributed by atoms with Crippen molar-refractivity contribution in [3.63, 3.8) is 0 Å². The van der Waals surface area contributed by atoms with Gasteiger partial charge in [-0.25, -0.2) is 5.43 Å². The summed E-state index contributed by atoms with van der Waals surface area (Å²) in [6, 6.07) is 3.14. The lowest BCUT2D eigenvalue weighted by Crippen LogP contribution is -2.21. The topological polar surface area (TPSA) is 89.0 Å². The van der Waals surface area contributed by atoms with E-state index in [9.17, 15) is 9.59 Å². The van der Waals surface area contributed by atoms with Crippen LogP contribution in [0.2, 0.25) is 5.02 Å². The van der Waals surface area contributed by atoms with E-state index in [1.165, 1.54) is 14.2 Å². The summed E-state index contributed by atoms with van der Waals surface area (Å²) >= 11 is 6.03. The van der Waals surface area contributed by atoms with Gasteiger partial charge >= 0.3 is 0 Å². The summed E-state index contributed by atoms with van der Waals surface area (Å²) in [5.74, 6) is 0.380. The van der Waals surface area contributed by atoms with Crippen LogP contribution in [-0.2, 0) is 9.59 Å². The number of hydrogen-bond donors (Lipinski definition) is 2. The molecule has 138 valence electrons. The molecule has 0 aliphatic rings. The van der Waals surface area contributed by atoms with Crippen LogP contribution in [0.5, 0.6) is 11.5 Å². The van der Waals surface area contributed by atoms with E-state index >= 15 is 0 Å². The van der Waals surface area contributed by atoms with Crippen molar-refractivity contribution in [1.29, 1.82) is 0 Å². The molecule has 0 spiro atoms. The van der Waals surface area contributed by atoms with Crippen LogP contribution >= 0.6 is 11.6 Å². The Hall–Kier alpha value is -2.28. The van der Waals surface area contributed by atoms with Crippen molar-refractivity contribution in [3.05, 3.63) is 17.2 Å². The van der Waals surface area contributed by atoms with Crippen LogP contribution in [0.1, 0.15) is 39.5 Å². The minimum Gasteiger partial charge on any atom is -0.495 e. The molecule has 0 aliphatic heterocycles. The highest BCUT2D eigenvalue weighted by Gasteiger charge is 2.13. The van der Waals surface area contributed by atoms with E-state index in [0.717, 1.165) is 12.8 Å². The monoisotopic (exact) mass is 369 g/mol. The number of nitrogens with one attached hydrogen (secondary N) is 2. The number of halogens is 1. The molecule has 1 aromatic rings. The first-order valence-electron chi connectivity index (χ1n) is 7.94. The third kappa shape index (κ3) is 7.01. The first-order chi connectivity index (χ1) is 11.9. The second kappa shape index (κ2) is 10.6. The first-order valence-corrected chi connectivity index (χ1v) is 8.32. The van der Waals surface area contributed by atoms with Crippen LogP contribution in [-0.4, -0.2) is 31.7 Å². The van der Waals surface area contributed by atoms with E-state index < -0.39 is 0 Å². The van der Waals surface area contributed by atoms with E-state index in [4.69, 9.17) is 21.1 Å². The zero-order valence-electron chi connectivity index (χ0n) is 14.9. The SMILES string of the molecule is CCCCC(=O)N/N=C(/C)CC(=O)Nc1cc(OC)c(Cl)cc1OC. The largest absolute Gasteiger partial charge is 0.495 e. The highest BCUT2D eigenvalue weighted by molar-refractivity contribution is 6.32. The Labute approximate surface area is 152 Å². The summed E-state index contributed by atoms with van der Waals surface area (Å²) in [6.07, 6.45) is 2.19. The first kappa shape index (κ1) is 20.8. The van der Waals surface area contributed by atoms with Crippen LogP contribution in [0.25, 0.3) is 0 Å². The molecule has 0 radical (unpaired) electrons. The summed E-state index contributed by atoms with van der Waals surface area (Å²) in [5.41, 5.74) is 3.37. The molecule has 0 fully saturated rings. The maximum absolute atomic E-state index is 12.2. The van der Waals surface area contributed by atoms with Gasteiger partial charge < -0.3 is 14.8 Å². The molecule has 0 saturated carbocycles. The molecule has 0 aromatic heterocycles. The number of hydrazone groups is 1. The van der Waals surface area contributed by atoms with Crippen molar-refractivity contribution >= 4 is 34.8 Å². The summed E-state index contributed by atoms with van der Waals surface area (Å²) in [5, 5.41) is 7.03. The van der Waals surface area contributed by atoms with Crippen molar-refractivity contribution in [2.45, 2.75) is 39.5 Å². The molecule has 0 bridgehead atoms. The second-order valence-corrected chi connectivity index (χ2v) is 5.80. The maximum atomic E-state index is 12.2. The predicted molar refractivity (Wildman–Crippen MR) is 98.6 cm³/mol. The van der Waals surface area contributed by atoms with Crippen molar-refractivity contribution in [3.8, 4) is 11.5 Å². The molecule has 0 saturated heterocycles. The average molecular weight is 370 g/mol. The van der Waals surface area contributed by atoms with Gasteiger partial charge in [0.15, 0.2) is 0 Å². The Morgan fingerprint density at radius 3 is 2.44 bits per heavy atom. The summed E-state index contributed by atoms with van der Waals surface area (Å²) in [7, 11) is 2.96. The highest BCUT2D eigenvalue weighted by Crippen LogP contribution is 2.35. The predicted octanol–water partition coefficient (Wildman–Crippen LogP) is 3.37. The smallest absolute Gasteiger partial charge is 0.240 e. The molecular formula is C17H24ClN3O4. The number of anilines is 1. The number of ether oxygens (including phenoxy) is 2. The normalized spacial score (nSPS) is 11.0. The number of amides is 2. The van der Waals surface area contributed by atoms with Crippen molar-refractivity contribution in [2.24, 2.45) is 5.10 Å². The quantitative estimate of drug-likeness (QED) is 0.516. The number of carbonyl (C=O) groups is 2. The Morgan fingerprint density at radius 1 is 1.16 bits per heavy atom. The van der Waals surface area contributed by atoms with Crippen molar-refractivity contribution in [2.75, 3.05) is 19.5 Å². The third-order valence-electron chi connectivity index (χ3n) is 3.29. The van der Waals surface area contributed by atoms with Gasteiger partial charge in [-0.05, 0) is 13.3 Å². The Bertz CT molecular complexity index is 647. The fraction of sp³-hybridized carbons (Fsp3) is 0.471. The molecule has 7 nitrogen and oxygen atoms in total. The molecule has 8 heteroatoms. The van der Waals surface area contributed by atoms with Gasteiger partial charge in [0.05, 0.1) is 31.4 Å². The molecule has 1 aromatic carbocycles. The van der Waals surface area contributed by atoms with E-state index in [-0.39, 0.29) is 18.2 Å². The lowest BCUT2D eigenvalue weighted by Gasteiger charge is -2.13. The van der Waals surface area contributed by atoms with E-state index in [0.29, 0.717) is 34.3 Å². The van der Waals surface area contributed by atoms with Gasteiger partial charge in [-0.3, -0.25) is 9.59 Å². The molecule has 2 N–H and O–H groups in total. The zero-order valence-corrected chi connectivity index (χ0v) is 15.7. The minimum atomic E-state index is -0.299. The van der Waals surface area contributed by atoms with Crippen LogP contribution in [0.3, 0.4) is 0 Å². The number of methoxy groups -OCH3 is 2. The molecule has 25 heavy (non-hydrogen) atoms. The Morgan fingerprint density at radius 2 is 1.84 bits per heavy atom. The van der Waals surface area contributed by atoms with E-state index in [2.05, 4.69) is 15.8 Å². The van der Waals surface area contributed by atoms with Crippen LogP contribution in [0.15, 0.2) is 17.2 Å². The van der Waals surface area contributed by atoms with Gasteiger partial charge in [-0.2, -0.15) is 5.10 Å². The van der Waals surface area contributed by atoms with E-state index in [1.54, 1.807) is 19.1 Å². The fourth-order valence-corrected chi connectivity index (χ4v) is 2.21. The van der Waals surface area contributed by atoms with Gasteiger partial charge in [0.25, 0.3) is 0 Å². The van der Waals surface area contributed by atoms with Gasteiger partial charge in [0, 0.05) is 24.3 Å². The number of carbonyl (C=O) groups excluding carboxylic acids is 2. The molecule has 0 aliphatic carbocycles. The Kier molecular flexibility index (Phi) is 8.77. The molecule has 0 unspecified atom stereocenters. The number of hydrogen-bond acceptors (Lipinski definition) is 5. The Balaban J connectivity index is 2.68. The van der Waals surface area contributed by atoms with Crippen molar-refractivity contribution in [1.82, 2.24) is 5.43 Å². The molecule has 0 heterocycles. The van der Waals surface area contributed by atoms with Crippen molar-refractivity contribution < 1.29 is 19.1 Å². The molecule has 1 rings (SSSR count). The van der Waals surface area contributed by atoms with Gasteiger partial charge in [0.1, 0.15) is 11.5 Å². The number of unbranched alkanes of at least 4 members (excludes halogenated alkanes) is 1. The summed E-state index contributed by atoms with van der Waals surface area (Å²) < 4.78 is 10.3. The summed E-state index contributed by atoms with van der Waals surface area (Å²) in [4.78, 5) is 23.7. The number of benzene rings is 1. The minimum absolute atomic E-state index is 0.0299. The highest BCUT2D eigenvalue weighted by atomic mass is 35.5. The summed E-state index contributed by atoms with van der Waals surface area (Å²) in [6.45, 7) is 3.67. The zero-order chi connectivity index (χ0) is 18.8. The second-order valence-electron chi connectivity index (χ2n) is 5.40. The molecule has 2 amide bonds. The third-order valence-corrected chi connectivity index (χ3v) is 3.59. The van der Waals surface area contributed by atoms with E-state index in [1.807, 2.05) is 6.92 Å². The number of nitrogens with zero attached hydrogens (tertiary/aromatic N) is 1. The lowest BCUT2D eigenvalue weighted by atomic mass is 10.2. The standard InChI is InChI=1S/C17H24ClN3O4/c1-5-6-7-16(22)21-20-11(2)8-17(23)19-13-10-14(24-3)12(18)9-15(13)25-4/h9-10H,5-8H2,1-4H3,(H,19,23)(H,21,22)/b20-11-. The van der Waals surface area contributed by atoms with Crippen LogP contribution < -0.4 is 20.2 Å².